The summed E-state index contributed by atoms with van der Waals surface area (Å²) in [5.41, 5.74) is -1.93. The van der Waals surface area contributed by atoms with Crippen LogP contribution in [-0.4, -0.2) is 17.0 Å². The number of pyridine rings is 1. The molecule has 1 aromatic carbocycles. The van der Waals surface area contributed by atoms with Crippen molar-refractivity contribution in [2.45, 2.75) is 6.18 Å². The zero-order valence-electron chi connectivity index (χ0n) is 9.56. The van der Waals surface area contributed by atoms with Gasteiger partial charge in [0.1, 0.15) is 0 Å². The summed E-state index contributed by atoms with van der Waals surface area (Å²) in [6.45, 7) is 0. The van der Waals surface area contributed by atoms with Gasteiger partial charge in [0.05, 0.1) is 17.6 Å². The van der Waals surface area contributed by atoms with Gasteiger partial charge in [-0.2, -0.15) is 13.2 Å². The van der Waals surface area contributed by atoms with Gasteiger partial charge >= 0.3 is 6.18 Å². The fourth-order valence-corrected chi connectivity index (χ4v) is 1.62. The summed E-state index contributed by atoms with van der Waals surface area (Å²) >= 11 is 0. The second-order valence-electron chi connectivity index (χ2n) is 3.68. The quantitative estimate of drug-likeness (QED) is 0.622. The number of nitro groups is 1. The lowest BCUT2D eigenvalue weighted by Gasteiger charge is -2.08. The minimum Gasteiger partial charge on any atom is -0.481 e. The highest BCUT2D eigenvalue weighted by molar-refractivity contribution is 5.88. The second-order valence-corrected chi connectivity index (χ2v) is 3.68. The number of benzene rings is 1. The Morgan fingerprint density at radius 1 is 1.32 bits per heavy atom. The highest BCUT2D eigenvalue weighted by Gasteiger charge is 2.33. The van der Waals surface area contributed by atoms with Gasteiger partial charge in [0, 0.05) is 17.5 Å². The number of nitro benzene ring substituents is 1. The van der Waals surface area contributed by atoms with Crippen LogP contribution in [0.3, 0.4) is 0 Å². The molecule has 0 unspecified atom stereocenters. The second kappa shape index (κ2) is 4.38. The van der Waals surface area contributed by atoms with E-state index in [0.29, 0.717) is 6.07 Å². The van der Waals surface area contributed by atoms with Gasteiger partial charge < -0.3 is 4.74 Å². The van der Waals surface area contributed by atoms with E-state index in [4.69, 9.17) is 4.74 Å². The van der Waals surface area contributed by atoms with Crippen molar-refractivity contribution in [3.63, 3.8) is 0 Å². The van der Waals surface area contributed by atoms with E-state index in [0.717, 1.165) is 6.07 Å². The lowest BCUT2D eigenvalue weighted by molar-refractivity contribution is -0.383. The van der Waals surface area contributed by atoms with E-state index in [9.17, 15) is 23.3 Å². The predicted molar refractivity (Wildman–Crippen MR) is 60.0 cm³/mol. The minimum atomic E-state index is -4.65. The number of aromatic nitrogens is 1. The molecule has 2 aromatic rings. The van der Waals surface area contributed by atoms with Crippen molar-refractivity contribution >= 4 is 16.6 Å². The molecule has 2 rings (SSSR count). The number of halogens is 3. The molecule has 19 heavy (non-hydrogen) atoms. The summed E-state index contributed by atoms with van der Waals surface area (Å²) in [5.74, 6) is 0.0929. The third-order valence-corrected chi connectivity index (χ3v) is 2.48. The molecule has 0 amide bonds. The molecule has 0 aliphatic carbocycles. The number of fused-ring (bicyclic) bond motifs is 1. The Hall–Kier alpha value is -2.38. The molecule has 100 valence electrons. The van der Waals surface area contributed by atoms with Gasteiger partial charge in [-0.3, -0.25) is 10.1 Å². The Morgan fingerprint density at radius 2 is 2.00 bits per heavy atom. The largest absolute Gasteiger partial charge is 0.481 e. The van der Waals surface area contributed by atoms with Crippen molar-refractivity contribution in [2.75, 3.05) is 7.11 Å². The molecule has 0 N–H and O–H groups in total. The molecule has 0 bridgehead atoms. The lowest BCUT2D eigenvalue weighted by Crippen LogP contribution is -2.06. The summed E-state index contributed by atoms with van der Waals surface area (Å²) in [4.78, 5) is 13.8. The average Bonchev–Trinajstić information content (AvgIpc) is 2.35. The minimum absolute atomic E-state index is 0.0299. The first-order valence-corrected chi connectivity index (χ1v) is 5.03. The summed E-state index contributed by atoms with van der Waals surface area (Å²) in [6, 6.07) is 3.92. The van der Waals surface area contributed by atoms with E-state index < -0.39 is 22.4 Å². The van der Waals surface area contributed by atoms with Crippen LogP contribution in [-0.2, 0) is 6.18 Å². The zero-order chi connectivity index (χ0) is 14.2. The van der Waals surface area contributed by atoms with Crippen molar-refractivity contribution in [2.24, 2.45) is 0 Å². The van der Waals surface area contributed by atoms with E-state index in [2.05, 4.69) is 4.98 Å². The number of methoxy groups -OCH3 is 1. The van der Waals surface area contributed by atoms with Gasteiger partial charge in [-0.25, -0.2) is 4.98 Å². The summed E-state index contributed by atoms with van der Waals surface area (Å²) in [7, 11) is 1.31. The number of non-ortho nitro benzene ring substituents is 1. The van der Waals surface area contributed by atoms with Gasteiger partial charge in [-0.1, -0.05) is 0 Å². The van der Waals surface area contributed by atoms with Crippen LogP contribution >= 0.6 is 0 Å². The molecular weight excluding hydrogens is 265 g/mol. The fraction of sp³-hybridized carbons (Fsp3) is 0.182. The molecular formula is C11H7F3N2O3. The molecule has 0 radical (unpaired) electrons. The molecule has 1 aromatic heterocycles. The number of alkyl halides is 3. The number of hydrogen-bond donors (Lipinski definition) is 0. The number of hydrogen-bond acceptors (Lipinski definition) is 4. The summed E-state index contributed by atoms with van der Waals surface area (Å²) in [6.07, 6.45) is -4.65. The Morgan fingerprint density at radius 3 is 2.53 bits per heavy atom. The van der Waals surface area contributed by atoms with E-state index in [1.165, 1.54) is 19.2 Å². The van der Waals surface area contributed by atoms with Crippen LogP contribution in [0, 0.1) is 10.1 Å². The first-order valence-electron chi connectivity index (χ1n) is 5.03. The number of nitrogens with zero attached hydrogens (tertiary/aromatic N) is 2. The van der Waals surface area contributed by atoms with Crippen LogP contribution in [0.15, 0.2) is 24.3 Å². The predicted octanol–water partition coefficient (Wildman–Crippen LogP) is 3.17. The van der Waals surface area contributed by atoms with Crippen molar-refractivity contribution in [1.29, 1.82) is 0 Å². The molecule has 0 aliphatic rings. The molecule has 0 aliphatic heterocycles. The maximum atomic E-state index is 12.6. The smallest absolute Gasteiger partial charge is 0.416 e. The Kier molecular flexibility index (Phi) is 3.01. The van der Waals surface area contributed by atoms with Gasteiger partial charge in [-0.05, 0) is 12.1 Å². The highest BCUT2D eigenvalue weighted by atomic mass is 19.4. The Bertz CT molecular complexity index is 655. The maximum absolute atomic E-state index is 12.6. The summed E-state index contributed by atoms with van der Waals surface area (Å²) < 4.78 is 42.7. The molecule has 0 saturated heterocycles. The van der Waals surface area contributed by atoms with Gasteiger partial charge in [0.15, 0.2) is 5.52 Å². The van der Waals surface area contributed by atoms with E-state index in [1.54, 1.807) is 0 Å². The average molecular weight is 272 g/mol. The van der Waals surface area contributed by atoms with Crippen LogP contribution in [0.2, 0.25) is 0 Å². The molecule has 0 spiro atoms. The highest BCUT2D eigenvalue weighted by Crippen LogP contribution is 2.36. The van der Waals surface area contributed by atoms with E-state index in [-0.39, 0.29) is 16.8 Å². The van der Waals surface area contributed by atoms with Crippen molar-refractivity contribution in [3.8, 4) is 5.88 Å². The molecule has 8 heteroatoms. The van der Waals surface area contributed by atoms with Crippen molar-refractivity contribution in [3.05, 3.63) is 39.9 Å². The Balaban J connectivity index is 2.79. The van der Waals surface area contributed by atoms with Crippen LogP contribution in [0.5, 0.6) is 5.88 Å². The lowest BCUT2D eigenvalue weighted by atomic mass is 10.1. The third-order valence-electron chi connectivity index (χ3n) is 2.48. The normalized spacial score (nSPS) is 11.6. The molecule has 0 atom stereocenters. The van der Waals surface area contributed by atoms with Crippen LogP contribution in [0.25, 0.3) is 10.9 Å². The van der Waals surface area contributed by atoms with E-state index in [1.807, 2.05) is 0 Å². The zero-order valence-corrected chi connectivity index (χ0v) is 9.56. The number of ether oxygens (including phenoxy) is 1. The number of rotatable bonds is 2. The monoisotopic (exact) mass is 272 g/mol. The Labute approximate surface area is 104 Å². The standard InChI is InChI=1S/C11H7F3N2O3/c1-19-9-3-2-6-4-7(11(12,13)14)5-8(16(17)18)10(6)15-9/h2-5H,1H3. The maximum Gasteiger partial charge on any atom is 0.416 e. The fourth-order valence-electron chi connectivity index (χ4n) is 1.62. The van der Waals surface area contributed by atoms with Crippen LogP contribution in [0.4, 0.5) is 18.9 Å². The van der Waals surface area contributed by atoms with Gasteiger partial charge in [-0.15, -0.1) is 0 Å². The molecule has 5 nitrogen and oxygen atoms in total. The molecule has 0 fully saturated rings. The van der Waals surface area contributed by atoms with Gasteiger partial charge in [0.25, 0.3) is 5.69 Å². The molecule has 1 heterocycles. The van der Waals surface area contributed by atoms with Crippen LogP contribution < -0.4 is 4.74 Å². The van der Waals surface area contributed by atoms with Crippen molar-refractivity contribution < 1.29 is 22.8 Å². The van der Waals surface area contributed by atoms with Gasteiger partial charge in [0.2, 0.25) is 5.88 Å². The molecule has 0 saturated carbocycles. The van der Waals surface area contributed by atoms with E-state index >= 15 is 0 Å². The summed E-state index contributed by atoms with van der Waals surface area (Å²) in [5, 5.41) is 10.9. The SMILES string of the molecule is COc1ccc2cc(C(F)(F)F)cc([N+](=O)[O-])c2n1. The topological polar surface area (TPSA) is 65.3 Å². The first-order chi connectivity index (χ1) is 8.82. The first kappa shape index (κ1) is 13.1. The van der Waals surface area contributed by atoms with Crippen molar-refractivity contribution in [1.82, 2.24) is 4.98 Å². The third kappa shape index (κ3) is 2.42. The van der Waals surface area contributed by atoms with Crippen LogP contribution in [0.1, 0.15) is 5.56 Å².